The predicted molar refractivity (Wildman–Crippen MR) is 127 cm³/mol. The molecule has 4 rings (SSSR count). The molecule has 9 heteroatoms. The minimum absolute atomic E-state index is 0.265. The lowest BCUT2D eigenvalue weighted by molar-refractivity contribution is -0.300. The number of rotatable bonds is 7. The fraction of sp³-hybridized carbons (Fsp3) is 0.609. The molecule has 0 saturated carbocycles. The topological polar surface area (TPSA) is 66.9 Å². The molecule has 2 atom stereocenters. The number of nitrogens with zero attached hydrogens (tertiary/aromatic N) is 6. The number of aryl methyl sites for hydroxylation is 1. The Bertz CT molecular complexity index is 929. The first-order valence-corrected chi connectivity index (χ1v) is 11.9. The summed E-state index contributed by atoms with van der Waals surface area (Å²) in [7, 11) is 0. The van der Waals surface area contributed by atoms with Crippen molar-refractivity contribution in [1.29, 1.82) is 0 Å². The number of halogens is 1. The Hall–Kier alpha value is -2.16. The van der Waals surface area contributed by atoms with Gasteiger partial charge in [-0.2, -0.15) is 4.98 Å². The first-order chi connectivity index (χ1) is 15.5. The van der Waals surface area contributed by atoms with Crippen molar-refractivity contribution in [2.75, 3.05) is 47.5 Å². The molecule has 174 valence electrons. The molecule has 2 aliphatic rings. The van der Waals surface area contributed by atoms with Crippen LogP contribution < -0.4 is 14.7 Å². The highest BCUT2D eigenvalue weighted by Crippen LogP contribution is 2.29. The Morgan fingerprint density at radius 2 is 1.91 bits per heavy atom. The predicted octanol–water partition coefficient (Wildman–Crippen LogP) is 4.01. The number of piperazine rings is 1. The minimum Gasteiger partial charge on any atom is -0.353 e. The Balaban J connectivity index is 1.45. The number of hydrogen-bond acceptors (Lipinski definition) is 8. The minimum atomic E-state index is 0.265. The van der Waals surface area contributed by atoms with E-state index in [1.807, 2.05) is 19.2 Å². The molecule has 0 bridgehead atoms. The van der Waals surface area contributed by atoms with Gasteiger partial charge in [-0.3, -0.25) is 0 Å². The lowest BCUT2D eigenvalue weighted by atomic mass is 10.1. The zero-order chi connectivity index (χ0) is 22.7. The highest BCUT2D eigenvalue weighted by Gasteiger charge is 2.29. The monoisotopic (exact) mass is 460 g/mol. The van der Waals surface area contributed by atoms with Crippen molar-refractivity contribution < 1.29 is 9.78 Å². The summed E-state index contributed by atoms with van der Waals surface area (Å²) in [6.45, 7) is 12.9. The molecule has 2 aromatic heterocycles. The van der Waals surface area contributed by atoms with Crippen molar-refractivity contribution in [2.24, 2.45) is 0 Å². The Morgan fingerprint density at radius 3 is 2.59 bits per heavy atom. The van der Waals surface area contributed by atoms with E-state index in [0.29, 0.717) is 24.4 Å². The van der Waals surface area contributed by atoms with Crippen LogP contribution in [0.25, 0.3) is 0 Å². The summed E-state index contributed by atoms with van der Waals surface area (Å²) in [6.07, 6.45) is 4.21. The summed E-state index contributed by atoms with van der Waals surface area (Å²) >= 11 is 6.40. The molecule has 2 saturated heterocycles. The largest absolute Gasteiger partial charge is 0.353 e. The van der Waals surface area contributed by atoms with Gasteiger partial charge in [-0.1, -0.05) is 11.6 Å². The van der Waals surface area contributed by atoms with Gasteiger partial charge < -0.3 is 14.7 Å². The summed E-state index contributed by atoms with van der Waals surface area (Å²) in [5.74, 6) is 2.66. The average molecular weight is 461 g/mol. The van der Waals surface area contributed by atoms with Gasteiger partial charge in [0.15, 0.2) is 0 Å². The first-order valence-electron chi connectivity index (χ1n) is 11.5. The van der Waals surface area contributed by atoms with Crippen LogP contribution in [0.15, 0.2) is 18.3 Å². The van der Waals surface area contributed by atoms with Crippen LogP contribution >= 0.6 is 11.6 Å². The molecule has 0 aliphatic carbocycles. The Labute approximate surface area is 195 Å². The highest BCUT2D eigenvalue weighted by atomic mass is 35.5. The molecule has 0 amide bonds. The van der Waals surface area contributed by atoms with Gasteiger partial charge >= 0.3 is 0 Å². The maximum Gasteiger partial charge on any atom is 0.228 e. The summed E-state index contributed by atoms with van der Waals surface area (Å²) in [5, 5.41) is 0.501. The third-order valence-electron chi connectivity index (χ3n) is 6.23. The average Bonchev–Trinajstić information content (AvgIpc) is 3.19. The van der Waals surface area contributed by atoms with E-state index in [2.05, 4.69) is 46.5 Å². The number of anilines is 3. The molecule has 0 radical (unpaired) electrons. The van der Waals surface area contributed by atoms with E-state index >= 15 is 0 Å². The fourth-order valence-corrected chi connectivity index (χ4v) is 4.79. The molecular formula is C23H33ClN6O2. The number of pyridine rings is 1. The van der Waals surface area contributed by atoms with E-state index in [1.165, 1.54) is 12.8 Å². The van der Waals surface area contributed by atoms with E-state index in [4.69, 9.17) is 31.3 Å². The molecule has 0 spiro atoms. The SMILES string of the molecule is CCOOCc1cnc(N2CCN(c3cc(Cl)nc(N4CCCC4C)n3)C(C)C2)c(C)c1. The Kier molecular flexibility index (Phi) is 7.33. The van der Waals surface area contributed by atoms with Crippen LogP contribution in [-0.4, -0.2) is 59.8 Å². The lowest BCUT2D eigenvalue weighted by Crippen LogP contribution is -2.53. The number of aromatic nitrogens is 3. The molecule has 2 aliphatic heterocycles. The molecule has 32 heavy (non-hydrogen) atoms. The van der Waals surface area contributed by atoms with Gasteiger partial charge in [-0.05, 0) is 57.7 Å². The third-order valence-corrected chi connectivity index (χ3v) is 6.43. The van der Waals surface area contributed by atoms with Crippen molar-refractivity contribution in [2.45, 2.75) is 59.2 Å². The van der Waals surface area contributed by atoms with Gasteiger partial charge in [0.2, 0.25) is 5.95 Å². The first kappa shape index (κ1) is 23.0. The molecule has 2 fully saturated rings. The summed E-state index contributed by atoms with van der Waals surface area (Å²) in [6, 6.07) is 4.72. The summed E-state index contributed by atoms with van der Waals surface area (Å²) in [5.41, 5.74) is 2.14. The molecule has 0 aromatic carbocycles. The normalized spacial score (nSPS) is 21.5. The lowest BCUT2D eigenvalue weighted by Gasteiger charge is -2.41. The van der Waals surface area contributed by atoms with Crippen molar-refractivity contribution in [3.8, 4) is 0 Å². The van der Waals surface area contributed by atoms with Gasteiger partial charge in [-0.15, -0.1) is 0 Å². The van der Waals surface area contributed by atoms with Gasteiger partial charge in [0.05, 0.1) is 6.61 Å². The molecule has 2 unspecified atom stereocenters. The molecular weight excluding hydrogens is 428 g/mol. The van der Waals surface area contributed by atoms with E-state index in [1.54, 1.807) is 0 Å². The molecule has 4 heterocycles. The number of hydrogen-bond donors (Lipinski definition) is 0. The van der Waals surface area contributed by atoms with Gasteiger partial charge in [0, 0.05) is 50.5 Å². The van der Waals surface area contributed by atoms with Crippen LogP contribution in [0, 0.1) is 6.92 Å². The maximum absolute atomic E-state index is 6.40. The van der Waals surface area contributed by atoms with Gasteiger partial charge in [0.25, 0.3) is 0 Å². The summed E-state index contributed by atoms with van der Waals surface area (Å²) < 4.78 is 0. The Morgan fingerprint density at radius 1 is 1.06 bits per heavy atom. The van der Waals surface area contributed by atoms with Crippen molar-refractivity contribution in [1.82, 2.24) is 15.0 Å². The van der Waals surface area contributed by atoms with Crippen LogP contribution in [0.3, 0.4) is 0 Å². The van der Waals surface area contributed by atoms with Crippen molar-refractivity contribution in [3.63, 3.8) is 0 Å². The van der Waals surface area contributed by atoms with Crippen LogP contribution in [0.5, 0.6) is 0 Å². The van der Waals surface area contributed by atoms with Gasteiger partial charge in [0.1, 0.15) is 23.4 Å². The zero-order valence-electron chi connectivity index (χ0n) is 19.4. The standard InChI is InChI=1S/C23H33ClN6O2/c1-5-31-32-15-19-11-16(2)22(25-13-19)28-9-10-29(18(4)14-28)21-12-20(24)26-23(27-21)30-8-6-7-17(30)3/h11-13,17-18H,5-10,14-15H2,1-4H3. The maximum atomic E-state index is 6.40. The van der Waals surface area contributed by atoms with Crippen LogP contribution in [-0.2, 0) is 16.4 Å². The molecule has 2 aromatic rings. The van der Waals surface area contributed by atoms with Crippen LogP contribution in [0.2, 0.25) is 5.15 Å². The smallest absolute Gasteiger partial charge is 0.228 e. The second-order valence-corrected chi connectivity index (χ2v) is 9.06. The highest BCUT2D eigenvalue weighted by molar-refractivity contribution is 6.29. The second kappa shape index (κ2) is 10.2. The molecule has 8 nitrogen and oxygen atoms in total. The summed E-state index contributed by atoms with van der Waals surface area (Å²) in [4.78, 5) is 31.2. The van der Waals surface area contributed by atoms with E-state index < -0.39 is 0 Å². The van der Waals surface area contributed by atoms with Crippen LogP contribution in [0.4, 0.5) is 17.6 Å². The van der Waals surface area contributed by atoms with Crippen LogP contribution in [0.1, 0.15) is 44.7 Å². The van der Waals surface area contributed by atoms with E-state index in [0.717, 1.165) is 54.9 Å². The second-order valence-electron chi connectivity index (χ2n) is 8.67. The van der Waals surface area contributed by atoms with E-state index in [-0.39, 0.29) is 6.04 Å². The van der Waals surface area contributed by atoms with Crippen molar-refractivity contribution >= 4 is 29.2 Å². The quantitative estimate of drug-likeness (QED) is 0.266. The molecule has 0 N–H and O–H groups in total. The zero-order valence-corrected chi connectivity index (χ0v) is 20.2. The van der Waals surface area contributed by atoms with Gasteiger partial charge in [-0.25, -0.2) is 19.7 Å². The van der Waals surface area contributed by atoms with Crippen molar-refractivity contribution in [3.05, 3.63) is 34.6 Å². The fourth-order valence-electron chi connectivity index (χ4n) is 4.62. The van der Waals surface area contributed by atoms with E-state index in [9.17, 15) is 0 Å². The third kappa shape index (κ3) is 5.08.